The van der Waals surface area contributed by atoms with E-state index in [0.717, 1.165) is 9.80 Å². The van der Waals surface area contributed by atoms with Crippen LogP contribution in [0.15, 0.2) is 30.3 Å². The number of urea groups is 1. The standard InChI is InChI=1S/C31H40F2N6O9/c1-17(2)24(26(44)31(32,33)29(47)34-13-19-9-6-5-7-10-19)36-27(45)20-11-8-12-38(20)28(46)25(18(3)4)35-21(40)14-39-22(41)15-37(30(39)48)16-23(42)43/h5-7,9-10,17-18,20,24-25H,8,11-16H2,1-4H3,(H,34,47)(H,35,40)(H,36,45)(H,42,43)/t20-,24-,25-/m0/s1. The second kappa shape index (κ2) is 15.8. The maximum absolute atomic E-state index is 15.1. The van der Waals surface area contributed by atoms with Crippen molar-refractivity contribution in [3.8, 4) is 0 Å². The Morgan fingerprint density at radius 1 is 0.938 bits per heavy atom. The average molecular weight is 679 g/mol. The first-order chi connectivity index (χ1) is 22.4. The third kappa shape index (κ3) is 8.89. The molecule has 1 aromatic carbocycles. The van der Waals surface area contributed by atoms with Gasteiger partial charge in [0.1, 0.15) is 31.7 Å². The second-order valence-electron chi connectivity index (χ2n) is 12.3. The summed E-state index contributed by atoms with van der Waals surface area (Å²) in [6, 6.07) is 3.06. The van der Waals surface area contributed by atoms with Crippen LogP contribution in [0.2, 0.25) is 0 Å². The van der Waals surface area contributed by atoms with E-state index >= 15 is 8.78 Å². The summed E-state index contributed by atoms with van der Waals surface area (Å²) in [5.41, 5.74) is 0.533. The largest absolute Gasteiger partial charge is 0.480 e. The van der Waals surface area contributed by atoms with Crippen LogP contribution in [0.4, 0.5) is 13.6 Å². The van der Waals surface area contributed by atoms with Gasteiger partial charge >= 0.3 is 17.9 Å². The summed E-state index contributed by atoms with van der Waals surface area (Å²) in [6.07, 6.45) is 0.469. The van der Waals surface area contributed by atoms with E-state index in [2.05, 4.69) is 10.6 Å². The molecule has 15 nitrogen and oxygen atoms in total. The highest BCUT2D eigenvalue weighted by atomic mass is 19.3. The van der Waals surface area contributed by atoms with Gasteiger partial charge in [-0.25, -0.2) is 4.79 Å². The highest BCUT2D eigenvalue weighted by molar-refractivity contribution is 6.11. The molecule has 0 aliphatic carbocycles. The Morgan fingerprint density at radius 2 is 1.56 bits per heavy atom. The van der Waals surface area contributed by atoms with E-state index in [1.165, 1.54) is 13.8 Å². The van der Waals surface area contributed by atoms with Gasteiger partial charge in [-0.05, 0) is 30.2 Å². The maximum atomic E-state index is 15.1. The van der Waals surface area contributed by atoms with Gasteiger partial charge in [0, 0.05) is 13.1 Å². The number of amides is 7. The highest BCUT2D eigenvalue weighted by Gasteiger charge is 2.52. The van der Waals surface area contributed by atoms with Crippen molar-refractivity contribution < 1.29 is 52.2 Å². The first-order valence-corrected chi connectivity index (χ1v) is 15.4. The van der Waals surface area contributed by atoms with E-state index < -0.39 is 103 Å². The number of carboxylic acids is 1. The molecule has 2 heterocycles. The van der Waals surface area contributed by atoms with E-state index in [9.17, 15) is 38.4 Å². The normalized spacial score (nSPS) is 17.8. The van der Waals surface area contributed by atoms with Crippen LogP contribution in [0.1, 0.15) is 46.1 Å². The Hall–Kier alpha value is -4.96. The predicted molar refractivity (Wildman–Crippen MR) is 163 cm³/mol. The average Bonchev–Trinajstić information content (AvgIpc) is 3.61. The minimum atomic E-state index is -4.47. The van der Waals surface area contributed by atoms with Gasteiger partial charge in [0.05, 0.1) is 6.04 Å². The van der Waals surface area contributed by atoms with Crippen molar-refractivity contribution in [1.29, 1.82) is 0 Å². The van der Waals surface area contributed by atoms with Crippen molar-refractivity contribution in [3.05, 3.63) is 35.9 Å². The molecule has 4 N–H and O–H groups in total. The number of nitrogens with one attached hydrogen (secondary N) is 3. The Labute approximate surface area is 275 Å². The lowest BCUT2D eigenvalue weighted by molar-refractivity contribution is -0.161. The van der Waals surface area contributed by atoms with E-state index in [1.54, 1.807) is 44.2 Å². The minimum absolute atomic E-state index is 0.0710. The molecule has 17 heteroatoms. The van der Waals surface area contributed by atoms with E-state index in [1.807, 2.05) is 5.32 Å². The predicted octanol–water partition coefficient (Wildman–Crippen LogP) is 0.129. The molecule has 0 spiro atoms. The van der Waals surface area contributed by atoms with Crippen LogP contribution in [0, 0.1) is 11.8 Å². The molecule has 2 aliphatic rings. The fourth-order valence-electron chi connectivity index (χ4n) is 5.38. The zero-order valence-electron chi connectivity index (χ0n) is 27.0. The topological polar surface area (TPSA) is 203 Å². The van der Waals surface area contributed by atoms with Crippen LogP contribution in [0.5, 0.6) is 0 Å². The van der Waals surface area contributed by atoms with Gasteiger partial charge in [-0.1, -0.05) is 58.0 Å². The SMILES string of the molecule is CC(C)[C@H](NC(=O)CN1C(=O)CN(CC(=O)O)C1=O)C(=O)N1CCC[C@H]1C(=O)N[C@H](C(=O)C(F)(F)C(=O)NCc1ccccc1)C(C)C. The number of carbonyl (C=O) groups is 8. The molecule has 3 rings (SSSR count). The molecule has 0 radical (unpaired) electrons. The van der Waals surface area contributed by atoms with Gasteiger partial charge in [0.2, 0.25) is 23.5 Å². The summed E-state index contributed by atoms with van der Waals surface area (Å²) in [5.74, 6) is -14.1. The van der Waals surface area contributed by atoms with Crippen molar-refractivity contribution in [2.24, 2.45) is 11.8 Å². The number of hydrogen-bond acceptors (Lipinski definition) is 8. The molecule has 2 aliphatic heterocycles. The number of benzene rings is 1. The molecule has 48 heavy (non-hydrogen) atoms. The van der Waals surface area contributed by atoms with Crippen LogP contribution in [-0.4, -0.2) is 117 Å². The Morgan fingerprint density at radius 3 is 2.15 bits per heavy atom. The maximum Gasteiger partial charge on any atom is 0.383 e. The van der Waals surface area contributed by atoms with Gasteiger partial charge in [0.25, 0.3) is 11.8 Å². The summed E-state index contributed by atoms with van der Waals surface area (Å²) in [6.45, 7) is 3.82. The Bertz CT molecular complexity index is 1440. The summed E-state index contributed by atoms with van der Waals surface area (Å²) < 4.78 is 30.1. The molecule has 2 saturated heterocycles. The fourth-order valence-corrected chi connectivity index (χ4v) is 5.38. The van der Waals surface area contributed by atoms with Crippen LogP contribution in [-0.2, 0) is 40.1 Å². The number of likely N-dealkylation sites (tertiary alicyclic amines) is 1. The molecule has 3 atom stereocenters. The number of hydrogen-bond donors (Lipinski definition) is 4. The summed E-state index contributed by atoms with van der Waals surface area (Å²) >= 11 is 0. The molecule has 262 valence electrons. The second-order valence-corrected chi connectivity index (χ2v) is 12.3. The molecular formula is C31H40F2N6O9. The third-order valence-corrected chi connectivity index (χ3v) is 7.98. The Kier molecular flexibility index (Phi) is 12.3. The minimum Gasteiger partial charge on any atom is -0.480 e. The van der Waals surface area contributed by atoms with Crippen LogP contribution >= 0.6 is 0 Å². The zero-order chi connectivity index (χ0) is 35.9. The first-order valence-electron chi connectivity index (χ1n) is 15.4. The summed E-state index contributed by atoms with van der Waals surface area (Å²) in [7, 11) is 0. The summed E-state index contributed by atoms with van der Waals surface area (Å²) in [5, 5.41) is 15.7. The van der Waals surface area contributed by atoms with Gasteiger partial charge in [-0.2, -0.15) is 8.78 Å². The number of carboxylic acid groups (broad SMARTS) is 1. The number of rotatable bonds is 15. The number of carbonyl (C=O) groups excluding carboxylic acids is 7. The summed E-state index contributed by atoms with van der Waals surface area (Å²) in [4.78, 5) is 103. The molecule has 0 saturated carbocycles. The van der Waals surface area contributed by atoms with Gasteiger partial charge in [-0.15, -0.1) is 0 Å². The van der Waals surface area contributed by atoms with Crippen molar-refractivity contribution >= 4 is 47.3 Å². The molecule has 0 unspecified atom stereocenters. The number of aliphatic carboxylic acids is 1. The van der Waals surface area contributed by atoms with Crippen LogP contribution < -0.4 is 16.0 Å². The molecule has 0 bridgehead atoms. The zero-order valence-corrected chi connectivity index (χ0v) is 27.0. The van der Waals surface area contributed by atoms with Gasteiger partial charge in [-0.3, -0.25) is 38.5 Å². The van der Waals surface area contributed by atoms with Crippen molar-refractivity contribution in [2.45, 2.75) is 71.1 Å². The van der Waals surface area contributed by atoms with E-state index in [4.69, 9.17) is 5.11 Å². The monoisotopic (exact) mass is 678 g/mol. The number of nitrogens with zero attached hydrogens (tertiary/aromatic N) is 3. The van der Waals surface area contributed by atoms with Gasteiger partial charge in [0.15, 0.2) is 0 Å². The smallest absolute Gasteiger partial charge is 0.383 e. The van der Waals surface area contributed by atoms with Crippen molar-refractivity contribution in [1.82, 2.24) is 30.7 Å². The van der Waals surface area contributed by atoms with Crippen LogP contribution in [0.25, 0.3) is 0 Å². The van der Waals surface area contributed by atoms with Crippen molar-refractivity contribution in [2.75, 3.05) is 26.2 Å². The van der Waals surface area contributed by atoms with E-state index in [-0.39, 0.29) is 19.5 Å². The third-order valence-electron chi connectivity index (χ3n) is 7.98. The number of Topliss-reactive ketones (excluding diaryl/α,β-unsaturated/α-hetero) is 1. The number of halogens is 2. The fraction of sp³-hybridized carbons (Fsp3) is 0.548. The van der Waals surface area contributed by atoms with Crippen molar-refractivity contribution in [3.63, 3.8) is 0 Å². The lowest BCUT2D eigenvalue weighted by atomic mass is 9.94. The Balaban J connectivity index is 1.67. The van der Waals surface area contributed by atoms with Crippen LogP contribution in [0.3, 0.4) is 0 Å². The lowest BCUT2D eigenvalue weighted by Gasteiger charge is -2.32. The molecular weight excluding hydrogens is 638 g/mol. The molecule has 1 aromatic rings. The molecule has 2 fully saturated rings. The molecule has 0 aromatic heterocycles. The highest BCUT2D eigenvalue weighted by Crippen LogP contribution is 2.24. The number of alkyl halides is 2. The number of imide groups is 1. The molecule has 7 amide bonds. The number of ketones is 1. The quantitative estimate of drug-likeness (QED) is 0.147. The lowest BCUT2D eigenvalue weighted by Crippen LogP contribution is -2.60. The first kappa shape index (κ1) is 37.5. The van der Waals surface area contributed by atoms with E-state index in [0.29, 0.717) is 16.9 Å². The van der Waals surface area contributed by atoms with Gasteiger partial charge < -0.3 is 30.9 Å².